The van der Waals surface area contributed by atoms with E-state index in [-0.39, 0.29) is 13.0 Å². The van der Waals surface area contributed by atoms with Gasteiger partial charge in [-0.3, -0.25) is 9.10 Å². The zero-order valence-electron chi connectivity index (χ0n) is 16.9. The van der Waals surface area contributed by atoms with E-state index >= 15 is 0 Å². The van der Waals surface area contributed by atoms with Crippen molar-refractivity contribution in [2.75, 3.05) is 10.6 Å². The molecule has 3 aromatic rings. The van der Waals surface area contributed by atoms with Crippen molar-refractivity contribution in [1.29, 1.82) is 0 Å². The number of aliphatic hydroxyl groups is 1. The van der Waals surface area contributed by atoms with Crippen LogP contribution in [0.15, 0.2) is 78.9 Å². The molecular weight excluding hydrogens is 436 g/mol. The maximum atomic E-state index is 12.5. The molecule has 1 unspecified atom stereocenters. The van der Waals surface area contributed by atoms with E-state index in [9.17, 15) is 18.3 Å². The first kappa shape index (κ1) is 22.8. The molecule has 0 saturated carbocycles. The van der Waals surface area contributed by atoms with Crippen LogP contribution in [0.1, 0.15) is 23.1 Å². The molecule has 1 amide bonds. The Kier molecular flexibility index (Phi) is 6.69. The van der Waals surface area contributed by atoms with Gasteiger partial charge in [-0.1, -0.05) is 72.3 Å². The second-order valence-corrected chi connectivity index (χ2v) is 9.59. The molecule has 1 atom stereocenters. The minimum Gasteiger partial charge on any atom is -0.380 e. The fraction of sp³-hybridized carbons (Fsp3) is 0.174. The minimum absolute atomic E-state index is 0.0576. The molecule has 0 aliphatic heterocycles. The number of carbonyl (C=O) groups excluding carboxylic acids is 1. The largest absolute Gasteiger partial charge is 0.380 e. The lowest BCUT2D eigenvalue weighted by Crippen LogP contribution is -2.33. The second-order valence-electron chi connectivity index (χ2n) is 7.28. The van der Waals surface area contributed by atoms with Gasteiger partial charge in [0.2, 0.25) is 15.9 Å². The third-order valence-electron chi connectivity index (χ3n) is 4.99. The van der Waals surface area contributed by atoms with E-state index in [4.69, 9.17) is 17.3 Å². The molecule has 0 fully saturated rings. The van der Waals surface area contributed by atoms with E-state index in [2.05, 4.69) is 0 Å². The smallest absolute Gasteiger partial charge is 0.232 e. The number of hydrogen-bond donors (Lipinski definition) is 2. The summed E-state index contributed by atoms with van der Waals surface area (Å²) in [6.45, 7) is 0.0576. The number of benzene rings is 3. The van der Waals surface area contributed by atoms with Crippen LogP contribution < -0.4 is 10.0 Å². The molecule has 0 heterocycles. The van der Waals surface area contributed by atoms with Gasteiger partial charge in [0, 0.05) is 5.02 Å². The summed E-state index contributed by atoms with van der Waals surface area (Å²) in [6.07, 6.45) is 0.803. The topological polar surface area (TPSA) is 101 Å². The Morgan fingerprint density at radius 1 is 0.968 bits per heavy atom. The van der Waals surface area contributed by atoms with Gasteiger partial charge in [-0.2, -0.15) is 0 Å². The number of amides is 1. The highest BCUT2D eigenvalue weighted by atomic mass is 35.5. The van der Waals surface area contributed by atoms with Gasteiger partial charge in [0.05, 0.1) is 24.9 Å². The molecule has 162 valence electrons. The molecule has 0 aliphatic carbocycles. The summed E-state index contributed by atoms with van der Waals surface area (Å²) in [4.78, 5) is 11.7. The van der Waals surface area contributed by atoms with Gasteiger partial charge in [0.25, 0.3) is 0 Å². The molecular formula is C23H23ClN2O4S. The molecule has 0 bridgehead atoms. The number of nitrogens with two attached hydrogens (primary N) is 1. The SMILES string of the molecule is CS(=O)(=O)N(Cc1ccccc1Cl)c1ccc(C(O)(CC(N)=O)c2ccccc2)cc1. The molecule has 0 radical (unpaired) electrons. The van der Waals surface area contributed by atoms with Crippen molar-refractivity contribution in [1.82, 2.24) is 0 Å². The van der Waals surface area contributed by atoms with E-state index < -0.39 is 21.5 Å². The predicted molar refractivity (Wildman–Crippen MR) is 122 cm³/mol. The third-order valence-corrected chi connectivity index (χ3v) is 6.50. The Bertz CT molecular complexity index is 1170. The molecule has 6 nitrogen and oxygen atoms in total. The average Bonchev–Trinajstić information content (AvgIpc) is 2.72. The summed E-state index contributed by atoms with van der Waals surface area (Å²) in [5.74, 6) is -0.660. The Morgan fingerprint density at radius 3 is 2.06 bits per heavy atom. The Balaban J connectivity index is 2.00. The van der Waals surface area contributed by atoms with Crippen LogP contribution in [0.3, 0.4) is 0 Å². The number of nitrogens with zero attached hydrogens (tertiary/aromatic N) is 1. The third kappa shape index (κ3) is 5.25. The standard InChI is InChI=1S/C23H23ClN2O4S/c1-31(29,30)26(16-17-7-5-6-10-21(17)24)20-13-11-19(12-14-20)23(28,15-22(25)27)18-8-3-2-4-9-18/h2-14,28H,15-16H2,1H3,(H2,25,27). The Hall–Kier alpha value is -2.87. The van der Waals surface area contributed by atoms with Crippen LogP contribution in [0, 0.1) is 0 Å². The number of anilines is 1. The van der Waals surface area contributed by atoms with E-state index in [0.29, 0.717) is 27.4 Å². The highest BCUT2D eigenvalue weighted by molar-refractivity contribution is 7.92. The molecule has 31 heavy (non-hydrogen) atoms. The van der Waals surface area contributed by atoms with Crippen LogP contribution in [0.25, 0.3) is 0 Å². The number of primary amides is 1. The molecule has 8 heteroatoms. The van der Waals surface area contributed by atoms with Crippen LogP contribution in [-0.4, -0.2) is 25.7 Å². The number of rotatable bonds is 8. The summed E-state index contributed by atoms with van der Waals surface area (Å²) >= 11 is 6.21. The predicted octanol–water partition coefficient (Wildman–Crippen LogP) is 3.42. The fourth-order valence-corrected chi connectivity index (χ4v) is 4.50. The number of halogens is 1. The molecule has 0 aromatic heterocycles. The van der Waals surface area contributed by atoms with Crippen LogP contribution in [0.4, 0.5) is 5.69 Å². The van der Waals surface area contributed by atoms with Gasteiger partial charge < -0.3 is 10.8 Å². The van der Waals surface area contributed by atoms with Gasteiger partial charge in [0.15, 0.2) is 0 Å². The van der Waals surface area contributed by atoms with Gasteiger partial charge >= 0.3 is 0 Å². The summed E-state index contributed by atoms with van der Waals surface area (Å²) in [5.41, 5.74) is 5.75. The van der Waals surface area contributed by atoms with Gasteiger partial charge in [-0.25, -0.2) is 8.42 Å². The van der Waals surface area contributed by atoms with Gasteiger partial charge in [0.1, 0.15) is 5.60 Å². The van der Waals surface area contributed by atoms with Crippen LogP contribution in [0.5, 0.6) is 0 Å². The zero-order valence-corrected chi connectivity index (χ0v) is 18.5. The second kappa shape index (κ2) is 9.09. The number of hydrogen-bond acceptors (Lipinski definition) is 4. The molecule has 0 spiro atoms. The summed E-state index contributed by atoms with van der Waals surface area (Å²) in [7, 11) is -3.61. The van der Waals surface area contributed by atoms with Crippen molar-refractivity contribution < 1.29 is 18.3 Å². The lowest BCUT2D eigenvalue weighted by atomic mass is 9.83. The van der Waals surface area contributed by atoms with E-state index in [0.717, 1.165) is 6.26 Å². The number of carbonyl (C=O) groups is 1. The first-order valence-electron chi connectivity index (χ1n) is 9.49. The highest BCUT2D eigenvalue weighted by Gasteiger charge is 2.33. The van der Waals surface area contributed by atoms with Gasteiger partial charge in [-0.05, 0) is 34.9 Å². The quantitative estimate of drug-likeness (QED) is 0.540. The summed E-state index contributed by atoms with van der Waals surface area (Å²) < 4.78 is 26.2. The van der Waals surface area contributed by atoms with Crippen LogP contribution in [0.2, 0.25) is 5.02 Å². The molecule has 3 N–H and O–H groups in total. The first-order valence-corrected chi connectivity index (χ1v) is 11.7. The zero-order chi connectivity index (χ0) is 22.6. The van der Waals surface area contributed by atoms with Crippen molar-refractivity contribution >= 4 is 33.2 Å². The first-order chi connectivity index (χ1) is 14.6. The number of sulfonamides is 1. The summed E-state index contributed by atoms with van der Waals surface area (Å²) in [6, 6.07) is 22.1. The van der Waals surface area contributed by atoms with Crippen LogP contribution >= 0.6 is 11.6 Å². The normalized spacial score (nSPS) is 13.4. The van der Waals surface area contributed by atoms with Crippen molar-refractivity contribution in [3.8, 4) is 0 Å². The van der Waals surface area contributed by atoms with Gasteiger partial charge in [-0.15, -0.1) is 0 Å². The maximum Gasteiger partial charge on any atom is 0.232 e. The van der Waals surface area contributed by atoms with E-state index in [1.165, 1.54) is 4.31 Å². The highest BCUT2D eigenvalue weighted by Crippen LogP contribution is 2.34. The molecule has 3 aromatic carbocycles. The molecule has 0 saturated heterocycles. The lowest BCUT2D eigenvalue weighted by molar-refractivity contribution is -0.121. The van der Waals surface area contributed by atoms with Crippen molar-refractivity contribution in [3.05, 3.63) is 101 Å². The maximum absolute atomic E-state index is 12.5. The van der Waals surface area contributed by atoms with E-state index in [1.807, 2.05) is 0 Å². The minimum atomic E-state index is -3.61. The summed E-state index contributed by atoms with van der Waals surface area (Å²) in [5, 5.41) is 11.8. The van der Waals surface area contributed by atoms with Crippen LogP contribution in [-0.2, 0) is 27.0 Å². The van der Waals surface area contributed by atoms with Crippen molar-refractivity contribution in [2.24, 2.45) is 5.73 Å². The van der Waals surface area contributed by atoms with Crippen molar-refractivity contribution in [2.45, 2.75) is 18.6 Å². The monoisotopic (exact) mass is 458 g/mol. The molecule has 0 aliphatic rings. The molecule has 3 rings (SSSR count). The average molecular weight is 459 g/mol. The van der Waals surface area contributed by atoms with Crippen molar-refractivity contribution in [3.63, 3.8) is 0 Å². The Morgan fingerprint density at radius 2 is 1.52 bits per heavy atom. The van der Waals surface area contributed by atoms with E-state index in [1.54, 1.807) is 78.9 Å². The lowest BCUT2D eigenvalue weighted by Gasteiger charge is -2.29. The fourth-order valence-electron chi connectivity index (χ4n) is 3.42. The Labute approximate surface area is 186 Å².